The number of amides is 1. The fraction of sp³-hybridized carbons (Fsp3) is 0.368. The van der Waals surface area contributed by atoms with Gasteiger partial charge in [-0.05, 0) is 42.7 Å². The Bertz CT molecular complexity index is 726. The molecule has 2 aromatic rings. The van der Waals surface area contributed by atoms with Crippen molar-refractivity contribution in [2.45, 2.75) is 25.5 Å². The predicted molar refractivity (Wildman–Crippen MR) is 116 cm³/mol. The van der Waals surface area contributed by atoms with Crippen molar-refractivity contribution >= 4 is 41.5 Å². The van der Waals surface area contributed by atoms with Crippen LogP contribution < -0.4 is 16.0 Å². The highest BCUT2D eigenvalue weighted by Crippen LogP contribution is 2.12. The maximum atomic E-state index is 11.9. The molecule has 1 aliphatic rings. The highest BCUT2D eigenvalue weighted by atomic mass is 127. The second-order valence-electron chi connectivity index (χ2n) is 6.07. The van der Waals surface area contributed by atoms with E-state index < -0.39 is 0 Å². The van der Waals surface area contributed by atoms with Crippen LogP contribution in [0.5, 0.6) is 0 Å². The molecular formula is C19H25IN4O3. The summed E-state index contributed by atoms with van der Waals surface area (Å²) >= 11 is 0. The van der Waals surface area contributed by atoms with Crippen molar-refractivity contribution in [3.63, 3.8) is 0 Å². The van der Waals surface area contributed by atoms with Crippen molar-refractivity contribution in [3.05, 3.63) is 54.0 Å². The van der Waals surface area contributed by atoms with Gasteiger partial charge in [0.05, 0.1) is 12.4 Å². The van der Waals surface area contributed by atoms with E-state index in [1.54, 1.807) is 19.2 Å². The second kappa shape index (κ2) is 10.9. The summed E-state index contributed by atoms with van der Waals surface area (Å²) in [5, 5.41) is 9.35. The van der Waals surface area contributed by atoms with Gasteiger partial charge < -0.3 is 25.1 Å². The number of hydrogen-bond donors (Lipinski definition) is 3. The molecule has 1 amide bonds. The van der Waals surface area contributed by atoms with Crippen LogP contribution in [0.25, 0.3) is 0 Å². The molecule has 2 heterocycles. The molecule has 1 fully saturated rings. The zero-order chi connectivity index (χ0) is 18.2. The maximum Gasteiger partial charge on any atom is 0.291 e. The molecule has 1 aromatic heterocycles. The van der Waals surface area contributed by atoms with Crippen molar-refractivity contribution in [3.8, 4) is 0 Å². The number of nitrogens with zero attached hydrogens (tertiary/aromatic N) is 1. The topological polar surface area (TPSA) is 87.9 Å². The van der Waals surface area contributed by atoms with Gasteiger partial charge in [-0.2, -0.15) is 0 Å². The van der Waals surface area contributed by atoms with Crippen LogP contribution in [0.1, 0.15) is 29.0 Å². The van der Waals surface area contributed by atoms with Gasteiger partial charge in [-0.3, -0.25) is 9.79 Å². The van der Waals surface area contributed by atoms with E-state index in [9.17, 15) is 4.79 Å². The van der Waals surface area contributed by atoms with Gasteiger partial charge in [0.1, 0.15) is 0 Å². The van der Waals surface area contributed by atoms with E-state index in [0.29, 0.717) is 6.54 Å². The molecule has 3 rings (SSSR count). The molecule has 1 saturated heterocycles. The summed E-state index contributed by atoms with van der Waals surface area (Å²) in [4.78, 5) is 16.2. The highest BCUT2D eigenvalue weighted by Gasteiger charge is 2.15. The van der Waals surface area contributed by atoms with Crippen molar-refractivity contribution in [2.75, 3.05) is 25.5 Å². The molecule has 8 heteroatoms. The Hall–Kier alpha value is -2.07. The molecule has 0 spiro atoms. The molecule has 7 nitrogen and oxygen atoms in total. The van der Waals surface area contributed by atoms with Crippen LogP contribution in [-0.4, -0.2) is 38.2 Å². The molecule has 1 aliphatic heterocycles. The summed E-state index contributed by atoms with van der Waals surface area (Å²) in [5.74, 6) is 0.771. The summed E-state index contributed by atoms with van der Waals surface area (Å²) in [7, 11) is 1.75. The number of halogens is 1. The summed E-state index contributed by atoms with van der Waals surface area (Å²) in [6.07, 6.45) is 3.96. The summed E-state index contributed by atoms with van der Waals surface area (Å²) in [6.45, 7) is 2.25. The Labute approximate surface area is 176 Å². The molecule has 0 aliphatic carbocycles. The zero-order valence-corrected chi connectivity index (χ0v) is 17.6. The number of ether oxygens (including phenoxy) is 1. The molecule has 1 aromatic carbocycles. The Kier molecular flexibility index (Phi) is 8.59. The number of rotatable bonds is 6. The lowest BCUT2D eigenvalue weighted by Crippen LogP contribution is -2.40. The highest BCUT2D eigenvalue weighted by molar-refractivity contribution is 14.0. The largest absolute Gasteiger partial charge is 0.459 e. The number of furan rings is 1. The van der Waals surface area contributed by atoms with Crippen molar-refractivity contribution in [1.82, 2.24) is 10.6 Å². The van der Waals surface area contributed by atoms with Gasteiger partial charge in [0, 0.05) is 32.4 Å². The third-order valence-electron chi connectivity index (χ3n) is 4.16. The quantitative estimate of drug-likeness (QED) is 0.334. The number of guanidine groups is 1. The molecule has 27 heavy (non-hydrogen) atoms. The van der Waals surface area contributed by atoms with Crippen molar-refractivity contribution < 1.29 is 13.9 Å². The van der Waals surface area contributed by atoms with Gasteiger partial charge >= 0.3 is 0 Å². The third kappa shape index (κ3) is 6.55. The standard InChI is InChI=1S/C19H24N4O3.HI/c1-20-19(22-13-16-4-2-10-25-16)21-12-14-6-8-15(9-7-14)23-18(24)17-5-3-11-26-17;/h3,5-9,11,16H,2,4,10,12-13H2,1H3,(H,23,24)(H2,20,21,22);1H. The van der Waals surface area contributed by atoms with E-state index >= 15 is 0 Å². The van der Waals surface area contributed by atoms with E-state index in [-0.39, 0.29) is 41.7 Å². The van der Waals surface area contributed by atoms with E-state index in [1.807, 2.05) is 24.3 Å². The van der Waals surface area contributed by atoms with Crippen LogP contribution >= 0.6 is 24.0 Å². The SMILES string of the molecule is CN=C(NCc1ccc(NC(=O)c2ccco2)cc1)NCC1CCCO1.I. The van der Waals surface area contributed by atoms with Crippen molar-refractivity contribution in [1.29, 1.82) is 0 Å². The summed E-state index contributed by atoms with van der Waals surface area (Å²) in [6, 6.07) is 10.9. The van der Waals surface area contributed by atoms with Crippen LogP contribution in [0.3, 0.4) is 0 Å². The first-order chi connectivity index (χ1) is 12.7. The van der Waals surface area contributed by atoms with E-state index in [4.69, 9.17) is 9.15 Å². The minimum absolute atomic E-state index is 0. The number of carbonyl (C=O) groups excluding carboxylic acids is 1. The second-order valence-corrected chi connectivity index (χ2v) is 6.07. The lowest BCUT2D eigenvalue weighted by Gasteiger charge is -2.15. The van der Waals surface area contributed by atoms with Crippen molar-refractivity contribution in [2.24, 2.45) is 4.99 Å². The van der Waals surface area contributed by atoms with Crippen LogP contribution in [-0.2, 0) is 11.3 Å². The van der Waals surface area contributed by atoms with Crippen LogP contribution in [0, 0.1) is 0 Å². The first-order valence-corrected chi connectivity index (χ1v) is 8.74. The van der Waals surface area contributed by atoms with Gasteiger partial charge in [-0.15, -0.1) is 24.0 Å². The molecule has 0 saturated carbocycles. The normalized spacial score (nSPS) is 16.5. The smallest absolute Gasteiger partial charge is 0.291 e. The average molecular weight is 484 g/mol. The number of hydrogen-bond acceptors (Lipinski definition) is 4. The van der Waals surface area contributed by atoms with E-state index in [2.05, 4.69) is 20.9 Å². The molecule has 0 radical (unpaired) electrons. The monoisotopic (exact) mass is 484 g/mol. The van der Waals surface area contributed by atoms with Gasteiger partial charge in [-0.1, -0.05) is 12.1 Å². The van der Waals surface area contributed by atoms with E-state index in [0.717, 1.165) is 43.2 Å². The fourth-order valence-corrected chi connectivity index (χ4v) is 2.73. The minimum Gasteiger partial charge on any atom is -0.459 e. The molecule has 146 valence electrons. The minimum atomic E-state index is -0.264. The molecular weight excluding hydrogens is 459 g/mol. The maximum absolute atomic E-state index is 11.9. The Morgan fingerprint density at radius 1 is 1.22 bits per heavy atom. The zero-order valence-electron chi connectivity index (χ0n) is 15.2. The lowest BCUT2D eigenvalue weighted by molar-refractivity contribution is 0.0996. The lowest BCUT2D eigenvalue weighted by atomic mass is 10.2. The summed E-state index contributed by atoms with van der Waals surface area (Å²) in [5.41, 5.74) is 1.80. The molecule has 1 unspecified atom stereocenters. The molecule has 3 N–H and O–H groups in total. The number of anilines is 1. The molecule has 0 bridgehead atoms. The number of aliphatic imine (C=N–C) groups is 1. The fourth-order valence-electron chi connectivity index (χ4n) is 2.73. The number of nitrogens with one attached hydrogen (secondary N) is 3. The Morgan fingerprint density at radius 3 is 2.67 bits per heavy atom. The summed E-state index contributed by atoms with van der Waals surface area (Å²) < 4.78 is 10.7. The van der Waals surface area contributed by atoms with Gasteiger partial charge in [0.15, 0.2) is 11.7 Å². The van der Waals surface area contributed by atoms with Gasteiger partial charge in [0.2, 0.25) is 0 Å². The van der Waals surface area contributed by atoms with Crippen LogP contribution in [0.4, 0.5) is 5.69 Å². The van der Waals surface area contributed by atoms with Crippen LogP contribution in [0.15, 0.2) is 52.1 Å². The number of carbonyl (C=O) groups is 1. The predicted octanol–water partition coefficient (Wildman–Crippen LogP) is 2.99. The Morgan fingerprint density at radius 2 is 2.04 bits per heavy atom. The first kappa shape index (κ1) is 21.2. The number of benzene rings is 1. The van der Waals surface area contributed by atoms with Gasteiger partial charge in [0.25, 0.3) is 5.91 Å². The average Bonchev–Trinajstić information content (AvgIpc) is 3.37. The Balaban J connectivity index is 0.00000261. The first-order valence-electron chi connectivity index (χ1n) is 8.74. The van der Waals surface area contributed by atoms with Crippen LogP contribution in [0.2, 0.25) is 0 Å². The van der Waals surface area contributed by atoms with Gasteiger partial charge in [-0.25, -0.2) is 0 Å². The third-order valence-corrected chi connectivity index (χ3v) is 4.16. The van der Waals surface area contributed by atoms with E-state index in [1.165, 1.54) is 6.26 Å². The molecule has 1 atom stereocenters.